The lowest BCUT2D eigenvalue weighted by atomic mass is 9.33. The highest BCUT2D eigenvalue weighted by Gasteiger charge is 2.69. The first-order valence-corrected chi connectivity index (χ1v) is 16.6. The second kappa shape index (κ2) is 9.58. The fraction of sp³-hybridized carbons (Fsp3) is 0.909. The molecule has 4 saturated carbocycles. The smallest absolute Gasteiger partial charge is 0.312 e. The molecule has 4 fully saturated rings. The fourth-order valence-corrected chi connectivity index (χ4v) is 11.2. The van der Waals surface area contributed by atoms with Gasteiger partial charge in [0.05, 0.1) is 24.7 Å². The third-order valence-electron chi connectivity index (χ3n) is 13.7. The first kappa shape index (κ1) is 29.1. The Kier molecular flexibility index (Phi) is 7.34. The van der Waals surface area contributed by atoms with Crippen LogP contribution in [0.2, 0.25) is 0 Å². The molecule has 0 aromatic heterocycles. The van der Waals surface area contributed by atoms with Gasteiger partial charge in [-0.2, -0.15) is 0 Å². The summed E-state index contributed by atoms with van der Waals surface area (Å²) < 4.78 is 5.98. The van der Waals surface area contributed by atoms with Gasteiger partial charge in [0, 0.05) is 10.7 Å². The lowest BCUT2D eigenvalue weighted by Gasteiger charge is -2.71. The molecule has 2 N–H and O–H groups in total. The van der Waals surface area contributed by atoms with E-state index in [1.54, 1.807) is 5.57 Å². The predicted octanol–water partition coefficient (Wildman–Crippen LogP) is 7.45. The minimum absolute atomic E-state index is 0.0600. The zero-order chi connectivity index (χ0) is 27.8. The molecule has 5 heteroatoms. The van der Waals surface area contributed by atoms with Crippen LogP contribution in [0.15, 0.2) is 11.6 Å². The normalized spacial score (nSPS) is 49.6. The Morgan fingerprint density at radius 1 is 1.00 bits per heavy atom. The van der Waals surface area contributed by atoms with Gasteiger partial charge in [-0.3, -0.25) is 4.79 Å². The number of allylic oxidation sites excluding steroid dienone is 2. The molecule has 0 aromatic carbocycles. The second-order valence-electron chi connectivity index (χ2n) is 15.8. The molecule has 216 valence electrons. The van der Waals surface area contributed by atoms with Crippen LogP contribution in [0.4, 0.5) is 0 Å². The van der Waals surface area contributed by atoms with Gasteiger partial charge in [-0.05, 0) is 110 Å². The van der Waals surface area contributed by atoms with E-state index in [1.165, 1.54) is 0 Å². The number of hydrogen-bond donors (Lipinski definition) is 2. The highest BCUT2D eigenvalue weighted by Crippen LogP contribution is 2.75. The highest BCUT2D eigenvalue weighted by molar-refractivity contribution is 9.09. The van der Waals surface area contributed by atoms with E-state index in [0.717, 1.165) is 76.0 Å². The van der Waals surface area contributed by atoms with Crippen LogP contribution >= 0.6 is 15.9 Å². The Bertz CT molecular complexity index is 976. The van der Waals surface area contributed by atoms with Crippen LogP contribution in [0.1, 0.15) is 112 Å². The van der Waals surface area contributed by atoms with E-state index < -0.39 is 11.5 Å². The van der Waals surface area contributed by atoms with E-state index in [-0.39, 0.29) is 45.6 Å². The number of alkyl halides is 1. The number of ether oxygens (including phenoxy) is 1. The predicted molar refractivity (Wildman–Crippen MR) is 156 cm³/mol. The van der Waals surface area contributed by atoms with E-state index in [2.05, 4.69) is 63.5 Å². The van der Waals surface area contributed by atoms with Gasteiger partial charge >= 0.3 is 5.97 Å². The Morgan fingerprint density at radius 3 is 2.39 bits per heavy atom. The van der Waals surface area contributed by atoms with Gasteiger partial charge < -0.3 is 14.9 Å². The van der Waals surface area contributed by atoms with Crippen LogP contribution in [0.3, 0.4) is 0 Å². The molecule has 38 heavy (non-hydrogen) atoms. The van der Waals surface area contributed by atoms with Crippen molar-refractivity contribution < 1.29 is 19.7 Å². The average Bonchev–Trinajstić information content (AvgIpc) is 2.86. The molecular weight excluding hydrogens is 540 g/mol. The molecule has 5 rings (SSSR count). The minimum Gasteiger partial charge on any atom is -0.465 e. The van der Waals surface area contributed by atoms with Crippen LogP contribution in [0.25, 0.3) is 0 Å². The molecular formula is C33H53BrO4. The zero-order valence-corrected chi connectivity index (χ0v) is 26.5. The molecule has 0 unspecified atom stereocenters. The SMILES string of the molecule is CC1(C)CC[C@]2(C(=O)OCCCBr)CC[C@]3(C)C(=CC[C@@H]4[C@@]5(C)CC[C@H](O)[C@@](C)(CO)[C@@H]5CC[C@]43C)[C@@H]2C1. The van der Waals surface area contributed by atoms with Gasteiger partial charge in [0.25, 0.3) is 0 Å². The molecule has 0 bridgehead atoms. The number of aliphatic hydroxyl groups is 2. The number of esters is 1. The van der Waals surface area contributed by atoms with Crippen LogP contribution in [-0.4, -0.2) is 40.8 Å². The van der Waals surface area contributed by atoms with Gasteiger partial charge in [0.2, 0.25) is 0 Å². The maximum absolute atomic E-state index is 13.8. The Labute approximate surface area is 239 Å². The third kappa shape index (κ3) is 3.90. The van der Waals surface area contributed by atoms with Gasteiger partial charge in [-0.1, -0.05) is 69.1 Å². The first-order chi connectivity index (χ1) is 17.7. The van der Waals surface area contributed by atoms with Gasteiger partial charge in [0.15, 0.2) is 0 Å². The standard InChI is InChI=1S/C33H53BrO4/c1-28(2)14-16-33(27(37)38-19-7-18-34)17-15-31(5)22(23(33)20-28)8-9-25-29(3)12-11-26(36)30(4,21-35)24(29)10-13-32(25,31)6/h8,23-26,35-36H,7,9-21H2,1-6H3/t23-,24+,25+,26-,29-,30-,31+,32+,33-/m0/s1. The van der Waals surface area contributed by atoms with E-state index >= 15 is 0 Å². The second-order valence-corrected chi connectivity index (χ2v) is 16.6. The summed E-state index contributed by atoms with van der Waals surface area (Å²) in [5.74, 6) is 1.18. The largest absolute Gasteiger partial charge is 0.465 e. The quantitative estimate of drug-likeness (QED) is 0.150. The molecule has 0 amide bonds. The van der Waals surface area contributed by atoms with E-state index in [9.17, 15) is 15.0 Å². The van der Waals surface area contributed by atoms with Crippen molar-refractivity contribution in [2.24, 2.45) is 50.2 Å². The Balaban J connectivity index is 1.55. The summed E-state index contributed by atoms with van der Waals surface area (Å²) >= 11 is 3.48. The highest BCUT2D eigenvalue weighted by atomic mass is 79.9. The van der Waals surface area contributed by atoms with E-state index in [0.29, 0.717) is 18.4 Å². The van der Waals surface area contributed by atoms with Crippen molar-refractivity contribution in [2.75, 3.05) is 18.5 Å². The van der Waals surface area contributed by atoms with Gasteiger partial charge in [0.1, 0.15) is 0 Å². The molecule has 0 heterocycles. The van der Waals surface area contributed by atoms with E-state index in [1.807, 2.05) is 0 Å². The fourth-order valence-electron chi connectivity index (χ4n) is 11.0. The Morgan fingerprint density at radius 2 is 1.71 bits per heavy atom. The van der Waals surface area contributed by atoms with Crippen LogP contribution < -0.4 is 0 Å². The number of halogens is 1. The lowest BCUT2D eigenvalue weighted by molar-refractivity contribution is -0.217. The summed E-state index contributed by atoms with van der Waals surface area (Å²) in [4.78, 5) is 13.8. The van der Waals surface area contributed by atoms with Crippen molar-refractivity contribution >= 4 is 21.9 Å². The summed E-state index contributed by atoms with van der Waals surface area (Å²) in [5.41, 5.74) is 1.31. The van der Waals surface area contributed by atoms with Crippen LogP contribution in [0.5, 0.6) is 0 Å². The molecule has 5 aliphatic rings. The summed E-state index contributed by atoms with van der Waals surface area (Å²) in [6, 6.07) is 0. The summed E-state index contributed by atoms with van der Waals surface area (Å²) in [5, 5.41) is 22.3. The maximum Gasteiger partial charge on any atom is 0.312 e. The summed E-state index contributed by atoms with van der Waals surface area (Å²) in [6.45, 7) is 15.1. The van der Waals surface area contributed by atoms with Gasteiger partial charge in [-0.25, -0.2) is 0 Å². The minimum atomic E-state index is -0.423. The number of rotatable bonds is 5. The number of fused-ring (bicyclic) bond motifs is 7. The van der Waals surface area contributed by atoms with Crippen molar-refractivity contribution in [1.29, 1.82) is 0 Å². The number of hydrogen-bond acceptors (Lipinski definition) is 4. The molecule has 0 aromatic rings. The third-order valence-corrected chi connectivity index (χ3v) is 14.2. The lowest BCUT2D eigenvalue weighted by Crippen LogP contribution is -2.66. The molecule has 4 nitrogen and oxygen atoms in total. The summed E-state index contributed by atoms with van der Waals surface area (Å²) in [7, 11) is 0. The van der Waals surface area contributed by atoms with Crippen molar-refractivity contribution in [2.45, 2.75) is 118 Å². The molecule has 5 aliphatic carbocycles. The molecule has 9 atom stereocenters. The molecule has 0 spiro atoms. The van der Waals surface area contributed by atoms with Crippen molar-refractivity contribution in [3.8, 4) is 0 Å². The topological polar surface area (TPSA) is 66.8 Å². The molecule has 0 aliphatic heterocycles. The zero-order valence-electron chi connectivity index (χ0n) is 24.9. The van der Waals surface area contributed by atoms with Crippen molar-refractivity contribution in [3.05, 3.63) is 11.6 Å². The Hall–Kier alpha value is -0.390. The summed E-state index contributed by atoms with van der Waals surface area (Å²) in [6.07, 6.45) is 13.2. The number of carbonyl (C=O) groups excluding carboxylic acids is 1. The molecule has 0 radical (unpaired) electrons. The number of aliphatic hydroxyl groups excluding tert-OH is 2. The maximum atomic E-state index is 13.8. The van der Waals surface area contributed by atoms with Crippen LogP contribution in [-0.2, 0) is 9.53 Å². The van der Waals surface area contributed by atoms with E-state index in [4.69, 9.17) is 4.74 Å². The monoisotopic (exact) mass is 592 g/mol. The number of carbonyl (C=O) groups is 1. The average molecular weight is 594 g/mol. The van der Waals surface area contributed by atoms with Crippen LogP contribution in [0, 0.1) is 50.2 Å². The van der Waals surface area contributed by atoms with Crippen molar-refractivity contribution in [3.63, 3.8) is 0 Å². The molecule has 0 saturated heterocycles. The first-order valence-electron chi connectivity index (χ1n) is 15.5. The van der Waals surface area contributed by atoms with Gasteiger partial charge in [-0.15, -0.1) is 0 Å². The van der Waals surface area contributed by atoms with Crippen molar-refractivity contribution in [1.82, 2.24) is 0 Å².